The lowest BCUT2D eigenvalue weighted by Crippen LogP contribution is -2.15. The summed E-state index contributed by atoms with van der Waals surface area (Å²) in [6, 6.07) is 0. The van der Waals surface area contributed by atoms with E-state index in [1.807, 2.05) is 0 Å². The van der Waals surface area contributed by atoms with Crippen molar-refractivity contribution < 1.29 is 0 Å². The maximum Gasteiger partial charge on any atom is 0.109 e. The quantitative estimate of drug-likeness (QED) is 0.778. The Kier molecular flexibility index (Phi) is 2.59. The Morgan fingerprint density at radius 1 is 1.43 bits per heavy atom. The lowest BCUT2D eigenvalue weighted by Gasteiger charge is -2.15. The zero-order chi connectivity index (χ0) is 10.1. The second kappa shape index (κ2) is 3.73. The third-order valence-electron chi connectivity index (χ3n) is 2.95. The first-order chi connectivity index (χ1) is 6.74. The normalized spacial score (nSPS) is 16.0. The van der Waals surface area contributed by atoms with Gasteiger partial charge in [0.1, 0.15) is 5.82 Å². The van der Waals surface area contributed by atoms with Crippen LogP contribution in [0.15, 0.2) is 0 Å². The molecule has 0 fully saturated rings. The molecule has 0 saturated carbocycles. The van der Waals surface area contributed by atoms with Gasteiger partial charge in [-0.2, -0.15) is 0 Å². The fourth-order valence-electron chi connectivity index (χ4n) is 2.24. The van der Waals surface area contributed by atoms with Crippen molar-refractivity contribution in [2.75, 3.05) is 0 Å². The molecule has 0 unspecified atom stereocenters. The van der Waals surface area contributed by atoms with Crippen LogP contribution in [0.25, 0.3) is 0 Å². The van der Waals surface area contributed by atoms with Gasteiger partial charge in [-0.25, -0.2) is 4.98 Å². The number of hydrogen-bond acceptors (Lipinski definition) is 2. The van der Waals surface area contributed by atoms with Gasteiger partial charge in [-0.1, -0.05) is 13.8 Å². The molecule has 2 rings (SSSR count). The topological polar surface area (TPSA) is 43.8 Å². The average molecular weight is 193 g/mol. The van der Waals surface area contributed by atoms with Crippen molar-refractivity contribution in [2.45, 2.75) is 52.1 Å². The van der Waals surface area contributed by atoms with E-state index in [1.165, 1.54) is 30.1 Å². The Balaban J connectivity index is 2.46. The summed E-state index contributed by atoms with van der Waals surface area (Å²) in [6.45, 7) is 6.11. The number of rotatable bonds is 2. The summed E-state index contributed by atoms with van der Waals surface area (Å²) in [4.78, 5) is 4.70. The SMILES string of the molecule is CC(C)c1nc2n(c1CN)CCCC2. The van der Waals surface area contributed by atoms with Gasteiger partial charge in [0.2, 0.25) is 0 Å². The highest BCUT2D eigenvalue weighted by Crippen LogP contribution is 2.24. The highest BCUT2D eigenvalue weighted by molar-refractivity contribution is 5.21. The van der Waals surface area contributed by atoms with Crippen LogP contribution in [0, 0.1) is 0 Å². The molecular formula is C11H19N3. The van der Waals surface area contributed by atoms with Gasteiger partial charge in [0.15, 0.2) is 0 Å². The van der Waals surface area contributed by atoms with Crippen LogP contribution in [-0.2, 0) is 19.5 Å². The van der Waals surface area contributed by atoms with Crippen LogP contribution in [0.4, 0.5) is 0 Å². The van der Waals surface area contributed by atoms with Gasteiger partial charge < -0.3 is 10.3 Å². The van der Waals surface area contributed by atoms with Crippen molar-refractivity contribution in [2.24, 2.45) is 5.73 Å². The van der Waals surface area contributed by atoms with Crippen LogP contribution in [0.1, 0.15) is 49.8 Å². The molecule has 0 atom stereocenters. The summed E-state index contributed by atoms with van der Waals surface area (Å²) < 4.78 is 2.33. The Morgan fingerprint density at radius 3 is 2.86 bits per heavy atom. The van der Waals surface area contributed by atoms with E-state index in [0.29, 0.717) is 12.5 Å². The Morgan fingerprint density at radius 2 is 2.21 bits per heavy atom. The molecule has 0 bridgehead atoms. The minimum atomic E-state index is 0.492. The molecule has 2 N–H and O–H groups in total. The summed E-state index contributed by atoms with van der Waals surface area (Å²) in [7, 11) is 0. The van der Waals surface area contributed by atoms with Gasteiger partial charge in [-0.05, 0) is 18.8 Å². The van der Waals surface area contributed by atoms with Crippen molar-refractivity contribution in [1.82, 2.24) is 9.55 Å². The van der Waals surface area contributed by atoms with E-state index < -0.39 is 0 Å². The van der Waals surface area contributed by atoms with Crippen molar-refractivity contribution in [3.05, 3.63) is 17.2 Å². The van der Waals surface area contributed by atoms with Crippen molar-refractivity contribution in [1.29, 1.82) is 0 Å². The van der Waals surface area contributed by atoms with Crippen LogP contribution in [0.5, 0.6) is 0 Å². The third kappa shape index (κ3) is 1.46. The fraction of sp³-hybridized carbons (Fsp3) is 0.727. The summed E-state index contributed by atoms with van der Waals surface area (Å²) in [6.07, 6.45) is 3.67. The lowest BCUT2D eigenvalue weighted by atomic mass is 10.1. The first-order valence-electron chi connectivity index (χ1n) is 5.52. The van der Waals surface area contributed by atoms with E-state index >= 15 is 0 Å². The third-order valence-corrected chi connectivity index (χ3v) is 2.95. The molecule has 1 aromatic heterocycles. The molecule has 14 heavy (non-hydrogen) atoms. The van der Waals surface area contributed by atoms with Crippen LogP contribution in [0.2, 0.25) is 0 Å². The van der Waals surface area contributed by atoms with E-state index in [9.17, 15) is 0 Å². The summed E-state index contributed by atoms with van der Waals surface area (Å²) in [5.74, 6) is 1.74. The van der Waals surface area contributed by atoms with Crippen molar-refractivity contribution in [3.8, 4) is 0 Å². The first kappa shape index (κ1) is 9.71. The number of aromatic nitrogens is 2. The van der Waals surface area contributed by atoms with E-state index in [-0.39, 0.29) is 0 Å². The Hall–Kier alpha value is -0.830. The van der Waals surface area contributed by atoms with Gasteiger partial charge in [0, 0.05) is 19.5 Å². The molecule has 0 aromatic carbocycles. The number of fused-ring (bicyclic) bond motifs is 1. The molecule has 3 nitrogen and oxygen atoms in total. The fourth-order valence-corrected chi connectivity index (χ4v) is 2.24. The number of aryl methyl sites for hydroxylation is 1. The second-order valence-corrected chi connectivity index (χ2v) is 4.33. The van der Waals surface area contributed by atoms with E-state index in [4.69, 9.17) is 10.7 Å². The average Bonchev–Trinajstić information content (AvgIpc) is 2.56. The molecule has 0 radical (unpaired) electrons. The van der Waals surface area contributed by atoms with Crippen LogP contribution in [-0.4, -0.2) is 9.55 Å². The molecular weight excluding hydrogens is 174 g/mol. The van der Waals surface area contributed by atoms with Crippen molar-refractivity contribution in [3.63, 3.8) is 0 Å². The molecule has 0 aliphatic carbocycles. The molecule has 0 saturated heterocycles. The molecule has 1 aliphatic heterocycles. The van der Waals surface area contributed by atoms with Gasteiger partial charge in [0.25, 0.3) is 0 Å². The lowest BCUT2D eigenvalue weighted by molar-refractivity contribution is 0.508. The zero-order valence-electron chi connectivity index (χ0n) is 9.08. The minimum absolute atomic E-state index is 0.492. The number of imidazole rings is 1. The predicted octanol–water partition coefficient (Wildman–Crippen LogP) is 1.80. The number of nitrogens with two attached hydrogens (primary N) is 1. The maximum atomic E-state index is 5.80. The molecule has 1 aliphatic rings. The highest BCUT2D eigenvalue weighted by atomic mass is 15.1. The van der Waals surface area contributed by atoms with Crippen LogP contribution >= 0.6 is 0 Å². The van der Waals surface area contributed by atoms with Gasteiger partial charge in [-0.3, -0.25) is 0 Å². The Bertz CT molecular complexity index is 326. The zero-order valence-corrected chi connectivity index (χ0v) is 9.08. The second-order valence-electron chi connectivity index (χ2n) is 4.33. The maximum absolute atomic E-state index is 5.80. The standard InChI is InChI=1S/C11H19N3/c1-8(2)11-9(7-12)14-6-4-3-5-10(14)13-11/h8H,3-7,12H2,1-2H3. The summed E-state index contributed by atoms with van der Waals surface area (Å²) in [5.41, 5.74) is 8.27. The summed E-state index contributed by atoms with van der Waals surface area (Å²) >= 11 is 0. The van der Waals surface area contributed by atoms with Crippen LogP contribution < -0.4 is 5.73 Å². The molecule has 3 heteroatoms. The minimum Gasteiger partial charge on any atom is -0.331 e. The van der Waals surface area contributed by atoms with Gasteiger partial charge >= 0.3 is 0 Å². The molecule has 78 valence electrons. The molecule has 2 heterocycles. The highest BCUT2D eigenvalue weighted by Gasteiger charge is 2.19. The number of hydrogen-bond donors (Lipinski definition) is 1. The first-order valence-corrected chi connectivity index (χ1v) is 5.52. The molecule has 0 amide bonds. The predicted molar refractivity (Wildman–Crippen MR) is 57.1 cm³/mol. The Labute approximate surface area is 85.3 Å². The van der Waals surface area contributed by atoms with E-state index in [0.717, 1.165) is 13.0 Å². The number of nitrogens with zero attached hydrogens (tertiary/aromatic N) is 2. The van der Waals surface area contributed by atoms with Crippen LogP contribution in [0.3, 0.4) is 0 Å². The molecule has 1 aromatic rings. The molecule has 0 spiro atoms. The smallest absolute Gasteiger partial charge is 0.109 e. The monoisotopic (exact) mass is 193 g/mol. The van der Waals surface area contributed by atoms with E-state index in [2.05, 4.69) is 18.4 Å². The van der Waals surface area contributed by atoms with Crippen molar-refractivity contribution >= 4 is 0 Å². The van der Waals surface area contributed by atoms with E-state index in [1.54, 1.807) is 0 Å². The van der Waals surface area contributed by atoms with Gasteiger partial charge in [-0.15, -0.1) is 0 Å². The van der Waals surface area contributed by atoms with Gasteiger partial charge in [0.05, 0.1) is 11.4 Å². The largest absolute Gasteiger partial charge is 0.331 e. The summed E-state index contributed by atoms with van der Waals surface area (Å²) in [5, 5.41) is 0.